The average Bonchev–Trinajstić information content (AvgIpc) is 2.50. The molecule has 0 saturated heterocycles. The first kappa shape index (κ1) is 15.1. The lowest BCUT2D eigenvalue weighted by atomic mass is 10.1. The van der Waals surface area contributed by atoms with E-state index in [2.05, 4.69) is 24.4 Å². The molecule has 0 fully saturated rings. The minimum absolute atomic E-state index is 0.0214. The lowest BCUT2D eigenvalue weighted by Gasteiger charge is -2.09. The first-order valence-corrected chi connectivity index (χ1v) is 7.14. The Hall–Kier alpha value is -2.29. The maximum Gasteiger partial charge on any atom is 0.224 e. The summed E-state index contributed by atoms with van der Waals surface area (Å²) in [6, 6.07) is 15.8. The molecule has 0 aliphatic rings. The summed E-state index contributed by atoms with van der Waals surface area (Å²) in [6.45, 7) is 2.74. The number of methoxy groups -OCH3 is 1. The first-order chi connectivity index (χ1) is 10.2. The Morgan fingerprint density at radius 2 is 1.71 bits per heavy atom. The fraction of sp³-hybridized carbons (Fsp3) is 0.278. The SMILES string of the molecule is COc1ccccc1CC(=O)NCCc1ccccc1C. The van der Waals surface area contributed by atoms with E-state index >= 15 is 0 Å². The van der Waals surface area contributed by atoms with E-state index in [9.17, 15) is 4.79 Å². The summed E-state index contributed by atoms with van der Waals surface area (Å²) in [5.74, 6) is 0.777. The van der Waals surface area contributed by atoms with Crippen LogP contribution in [0.15, 0.2) is 48.5 Å². The van der Waals surface area contributed by atoms with Gasteiger partial charge in [0.1, 0.15) is 5.75 Å². The molecule has 0 spiro atoms. The molecular weight excluding hydrogens is 262 g/mol. The molecule has 0 radical (unpaired) electrons. The number of aryl methyl sites for hydroxylation is 1. The van der Waals surface area contributed by atoms with E-state index in [4.69, 9.17) is 4.74 Å². The fourth-order valence-electron chi connectivity index (χ4n) is 2.31. The number of nitrogens with one attached hydrogen (secondary N) is 1. The van der Waals surface area contributed by atoms with Crippen LogP contribution < -0.4 is 10.1 Å². The Labute approximate surface area is 126 Å². The van der Waals surface area contributed by atoms with Crippen molar-refractivity contribution in [2.75, 3.05) is 13.7 Å². The summed E-state index contributed by atoms with van der Waals surface area (Å²) in [6.07, 6.45) is 1.20. The quantitative estimate of drug-likeness (QED) is 0.885. The van der Waals surface area contributed by atoms with Crippen molar-refractivity contribution >= 4 is 5.91 Å². The van der Waals surface area contributed by atoms with Crippen molar-refractivity contribution in [1.82, 2.24) is 5.32 Å². The van der Waals surface area contributed by atoms with Crippen LogP contribution in [0.3, 0.4) is 0 Å². The van der Waals surface area contributed by atoms with Crippen LogP contribution >= 0.6 is 0 Å². The topological polar surface area (TPSA) is 38.3 Å². The van der Waals surface area contributed by atoms with Crippen molar-refractivity contribution in [1.29, 1.82) is 0 Å². The summed E-state index contributed by atoms with van der Waals surface area (Å²) in [5.41, 5.74) is 3.44. The maximum absolute atomic E-state index is 12.0. The Bertz CT molecular complexity index is 608. The fourth-order valence-corrected chi connectivity index (χ4v) is 2.31. The third-order valence-corrected chi connectivity index (χ3v) is 3.52. The van der Waals surface area contributed by atoms with E-state index in [1.54, 1.807) is 7.11 Å². The van der Waals surface area contributed by atoms with Crippen LogP contribution in [0.2, 0.25) is 0 Å². The van der Waals surface area contributed by atoms with Gasteiger partial charge < -0.3 is 10.1 Å². The molecule has 0 aliphatic carbocycles. The van der Waals surface area contributed by atoms with Gasteiger partial charge in [-0.05, 0) is 30.5 Å². The second-order valence-electron chi connectivity index (χ2n) is 5.02. The van der Waals surface area contributed by atoms with Crippen LogP contribution in [0.5, 0.6) is 5.75 Å². The largest absolute Gasteiger partial charge is 0.496 e. The van der Waals surface area contributed by atoms with Crippen LogP contribution in [0.1, 0.15) is 16.7 Å². The number of benzene rings is 2. The summed E-state index contributed by atoms with van der Waals surface area (Å²) in [7, 11) is 1.62. The van der Waals surface area contributed by atoms with Crippen molar-refractivity contribution in [3.05, 3.63) is 65.2 Å². The van der Waals surface area contributed by atoms with Crippen LogP contribution in [-0.2, 0) is 17.6 Å². The van der Waals surface area contributed by atoms with E-state index < -0.39 is 0 Å². The summed E-state index contributed by atoms with van der Waals surface area (Å²) in [5, 5.41) is 2.96. The van der Waals surface area contributed by atoms with E-state index in [0.717, 1.165) is 17.7 Å². The number of ether oxygens (including phenoxy) is 1. The van der Waals surface area contributed by atoms with E-state index in [0.29, 0.717) is 13.0 Å². The van der Waals surface area contributed by atoms with E-state index in [-0.39, 0.29) is 5.91 Å². The number of hydrogen-bond donors (Lipinski definition) is 1. The molecule has 1 N–H and O–H groups in total. The highest BCUT2D eigenvalue weighted by atomic mass is 16.5. The molecule has 0 aromatic heterocycles. The predicted molar refractivity (Wildman–Crippen MR) is 84.6 cm³/mol. The number of rotatable bonds is 6. The Morgan fingerprint density at radius 1 is 1.05 bits per heavy atom. The zero-order valence-corrected chi connectivity index (χ0v) is 12.6. The monoisotopic (exact) mass is 283 g/mol. The van der Waals surface area contributed by atoms with Gasteiger partial charge in [0.05, 0.1) is 13.5 Å². The van der Waals surface area contributed by atoms with Crippen molar-refractivity contribution in [2.24, 2.45) is 0 Å². The molecule has 0 atom stereocenters. The van der Waals surface area contributed by atoms with Crippen molar-refractivity contribution in [3.8, 4) is 5.75 Å². The van der Waals surface area contributed by atoms with Gasteiger partial charge in [0.15, 0.2) is 0 Å². The molecular formula is C18H21NO2. The Balaban J connectivity index is 1.84. The van der Waals surface area contributed by atoms with Crippen molar-refractivity contribution in [2.45, 2.75) is 19.8 Å². The number of carbonyl (C=O) groups is 1. The van der Waals surface area contributed by atoms with Gasteiger partial charge in [-0.3, -0.25) is 4.79 Å². The van der Waals surface area contributed by atoms with Gasteiger partial charge in [-0.25, -0.2) is 0 Å². The van der Waals surface area contributed by atoms with Gasteiger partial charge in [0.2, 0.25) is 5.91 Å². The minimum atomic E-state index is 0.0214. The van der Waals surface area contributed by atoms with Gasteiger partial charge in [0.25, 0.3) is 0 Å². The number of hydrogen-bond acceptors (Lipinski definition) is 2. The number of carbonyl (C=O) groups excluding carboxylic acids is 1. The molecule has 110 valence electrons. The first-order valence-electron chi connectivity index (χ1n) is 7.14. The average molecular weight is 283 g/mol. The van der Waals surface area contributed by atoms with E-state index in [1.807, 2.05) is 36.4 Å². The molecule has 21 heavy (non-hydrogen) atoms. The Morgan fingerprint density at radius 3 is 2.43 bits per heavy atom. The molecule has 2 aromatic carbocycles. The molecule has 0 unspecified atom stereocenters. The number of para-hydroxylation sites is 1. The zero-order chi connectivity index (χ0) is 15.1. The molecule has 2 aromatic rings. The predicted octanol–water partition coefficient (Wildman–Crippen LogP) is 2.91. The molecule has 0 bridgehead atoms. The van der Waals surface area contributed by atoms with E-state index in [1.165, 1.54) is 11.1 Å². The molecule has 1 amide bonds. The summed E-state index contributed by atoms with van der Waals surface area (Å²) < 4.78 is 5.26. The second-order valence-corrected chi connectivity index (χ2v) is 5.02. The maximum atomic E-state index is 12.0. The molecule has 0 heterocycles. The number of amides is 1. The van der Waals surface area contributed by atoms with Gasteiger partial charge in [0, 0.05) is 12.1 Å². The van der Waals surface area contributed by atoms with Gasteiger partial charge in [-0.1, -0.05) is 42.5 Å². The summed E-state index contributed by atoms with van der Waals surface area (Å²) >= 11 is 0. The third kappa shape index (κ3) is 4.35. The zero-order valence-electron chi connectivity index (χ0n) is 12.6. The van der Waals surface area contributed by atoms with Crippen LogP contribution in [0.4, 0.5) is 0 Å². The van der Waals surface area contributed by atoms with Crippen molar-refractivity contribution < 1.29 is 9.53 Å². The third-order valence-electron chi connectivity index (χ3n) is 3.52. The molecule has 3 nitrogen and oxygen atoms in total. The highest BCUT2D eigenvalue weighted by molar-refractivity contribution is 5.79. The van der Waals surface area contributed by atoms with Crippen molar-refractivity contribution in [3.63, 3.8) is 0 Å². The minimum Gasteiger partial charge on any atom is -0.496 e. The van der Waals surface area contributed by atoms with Gasteiger partial charge in [-0.15, -0.1) is 0 Å². The normalized spacial score (nSPS) is 10.2. The van der Waals surface area contributed by atoms with Crippen LogP contribution in [-0.4, -0.2) is 19.6 Å². The molecule has 0 aliphatic heterocycles. The smallest absolute Gasteiger partial charge is 0.224 e. The highest BCUT2D eigenvalue weighted by Gasteiger charge is 2.07. The lowest BCUT2D eigenvalue weighted by Crippen LogP contribution is -2.27. The molecule has 0 saturated carbocycles. The van der Waals surface area contributed by atoms with Crippen LogP contribution in [0.25, 0.3) is 0 Å². The molecule has 2 rings (SSSR count). The highest BCUT2D eigenvalue weighted by Crippen LogP contribution is 2.17. The standard InChI is InChI=1S/C18H21NO2/c1-14-7-3-4-8-15(14)11-12-19-18(20)13-16-9-5-6-10-17(16)21-2/h3-10H,11-13H2,1-2H3,(H,19,20). The van der Waals surface area contributed by atoms with Crippen LogP contribution in [0, 0.1) is 6.92 Å². The Kier molecular flexibility index (Phi) is 5.38. The summed E-state index contributed by atoms with van der Waals surface area (Å²) in [4.78, 5) is 12.0. The van der Waals surface area contributed by atoms with Gasteiger partial charge >= 0.3 is 0 Å². The second kappa shape index (κ2) is 7.48. The van der Waals surface area contributed by atoms with Gasteiger partial charge in [-0.2, -0.15) is 0 Å². The lowest BCUT2D eigenvalue weighted by molar-refractivity contribution is -0.120. The molecule has 3 heteroatoms.